The lowest BCUT2D eigenvalue weighted by atomic mass is 10.1. The Bertz CT molecular complexity index is 1620. The van der Waals surface area contributed by atoms with Crippen LogP contribution in [-0.4, -0.2) is 84.8 Å². The number of nitrogens with one attached hydrogen (secondary N) is 2. The zero-order valence-electron chi connectivity index (χ0n) is 26.9. The van der Waals surface area contributed by atoms with Crippen molar-refractivity contribution in [1.29, 1.82) is 0 Å². The maximum Gasteiger partial charge on any atom is 0.412 e. The number of imide groups is 1. The van der Waals surface area contributed by atoms with Gasteiger partial charge in [-0.05, 0) is 30.2 Å². The molecule has 0 atom stereocenters. The molecule has 1 aliphatic rings. The first-order valence-electron chi connectivity index (χ1n) is 14.6. The van der Waals surface area contributed by atoms with Gasteiger partial charge in [0.2, 0.25) is 5.91 Å². The smallest absolute Gasteiger partial charge is 0.412 e. The standard InChI is InChI=1S/C31H37N3O13S/c1-42-21-17-24(44-3)22(25(18-21)45-4)12-15-48(40,41)19-20-8-9-23(43-2)26(16-20)46-31(39)33-14-13-32-27(35)6-5-7-30(38)47-34-28(36)10-11-29(34)37/h8-9,12,15-18H,5-7,10-11,13-14,19H2,1-4H3,(H,32,35)(H,33,39)/b15-12+. The zero-order chi connectivity index (χ0) is 35.3. The molecule has 1 heterocycles. The number of hydrogen-bond acceptors (Lipinski definition) is 13. The first-order chi connectivity index (χ1) is 22.9. The van der Waals surface area contributed by atoms with E-state index in [1.165, 1.54) is 52.7 Å². The molecule has 260 valence electrons. The van der Waals surface area contributed by atoms with Crippen LogP contribution in [0.1, 0.15) is 43.2 Å². The van der Waals surface area contributed by atoms with Crippen molar-refractivity contribution in [3.63, 3.8) is 0 Å². The second kappa shape index (κ2) is 17.6. The van der Waals surface area contributed by atoms with Crippen LogP contribution in [0.4, 0.5) is 4.79 Å². The summed E-state index contributed by atoms with van der Waals surface area (Å²) in [7, 11) is 1.88. The molecule has 3 rings (SSSR count). The molecule has 0 saturated carbocycles. The monoisotopic (exact) mass is 691 g/mol. The van der Waals surface area contributed by atoms with E-state index < -0.39 is 45.4 Å². The lowest BCUT2D eigenvalue weighted by Gasteiger charge is -2.13. The SMILES string of the molecule is COc1cc(OC)c(/C=C/S(=O)(=O)Cc2ccc(OC)c(OC(=O)NCCNC(=O)CCCC(=O)ON3C(=O)CCC3=O)c2)c(OC)c1. The molecule has 48 heavy (non-hydrogen) atoms. The second-order valence-electron chi connectivity index (χ2n) is 10.1. The predicted molar refractivity (Wildman–Crippen MR) is 169 cm³/mol. The first kappa shape index (κ1) is 37.1. The number of hydrogen-bond donors (Lipinski definition) is 2. The van der Waals surface area contributed by atoms with Crippen molar-refractivity contribution in [1.82, 2.24) is 15.7 Å². The molecule has 0 bridgehead atoms. The van der Waals surface area contributed by atoms with Crippen LogP contribution in [0.2, 0.25) is 0 Å². The van der Waals surface area contributed by atoms with Gasteiger partial charge in [0.15, 0.2) is 21.3 Å². The van der Waals surface area contributed by atoms with Crippen LogP contribution in [0, 0.1) is 0 Å². The summed E-state index contributed by atoms with van der Waals surface area (Å²) in [6.07, 6.45) is 0.340. The average molecular weight is 692 g/mol. The summed E-state index contributed by atoms with van der Waals surface area (Å²) >= 11 is 0. The van der Waals surface area contributed by atoms with Crippen LogP contribution in [-0.2, 0) is 39.6 Å². The number of carbonyl (C=O) groups excluding carboxylic acids is 5. The van der Waals surface area contributed by atoms with Crippen molar-refractivity contribution in [2.75, 3.05) is 41.5 Å². The normalized spacial score (nSPS) is 12.9. The van der Waals surface area contributed by atoms with Gasteiger partial charge in [0.1, 0.15) is 17.2 Å². The molecular formula is C31H37N3O13S. The molecular weight excluding hydrogens is 654 g/mol. The van der Waals surface area contributed by atoms with Gasteiger partial charge in [0, 0.05) is 56.3 Å². The Hall–Kier alpha value is -5.32. The fourth-order valence-corrected chi connectivity index (χ4v) is 5.41. The Balaban J connectivity index is 1.48. The van der Waals surface area contributed by atoms with Gasteiger partial charge < -0.3 is 39.2 Å². The third-order valence-corrected chi connectivity index (χ3v) is 7.98. The summed E-state index contributed by atoms with van der Waals surface area (Å²) in [6.45, 7) is 0.0337. The number of rotatable bonds is 17. The number of amides is 4. The molecule has 2 aromatic rings. The number of hydroxylamine groups is 2. The van der Waals surface area contributed by atoms with Crippen molar-refractivity contribution >= 4 is 45.7 Å². The average Bonchev–Trinajstić information content (AvgIpc) is 3.37. The van der Waals surface area contributed by atoms with Crippen LogP contribution >= 0.6 is 0 Å². The summed E-state index contributed by atoms with van der Waals surface area (Å²) in [4.78, 5) is 64.0. The Morgan fingerprint density at radius 1 is 0.812 bits per heavy atom. The lowest BCUT2D eigenvalue weighted by Crippen LogP contribution is -2.36. The maximum atomic E-state index is 13.0. The number of sulfone groups is 1. The van der Waals surface area contributed by atoms with Gasteiger partial charge in [-0.25, -0.2) is 18.0 Å². The maximum absolute atomic E-state index is 13.0. The number of nitrogens with zero attached hydrogens (tertiary/aromatic N) is 1. The van der Waals surface area contributed by atoms with E-state index >= 15 is 0 Å². The van der Waals surface area contributed by atoms with Gasteiger partial charge in [-0.1, -0.05) is 6.07 Å². The second-order valence-corrected chi connectivity index (χ2v) is 12.0. The molecule has 0 spiro atoms. The molecule has 0 radical (unpaired) electrons. The molecule has 1 fully saturated rings. The Morgan fingerprint density at radius 2 is 1.44 bits per heavy atom. The van der Waals surface area contributed by atoms with E-state index in [4.69, 9.17) is 28.5 Å². The molecule has 2 N–H and O–H groups in total. The van der Waals surface area contributed by atoms with Gasteiger partial charge in [-0.3, -0.25) is 14.4 Å². The number of carbonyl (C=O) groups is 5. The van der Waals surface area contributed by atoms with Crippen molar-refractivity contribution in [3.8, 4) is 28.7 Å². The molecule has 4 amide bonds. The van der Waals surface area contributed by atoms with Crippen molar-refractivity contribution in [3.05, 3.63) is 46.9 Å². The third kappa shape index (κ3) is 10.9. The van der Waals surface area contributed by atoms with E-state index in [-0.39, 0.29) is 56.7 Å². The summed E-state index contributed by atoms with van der Waals surface area (Å²) in [6, 6.07) is 7.53. The minimum Gasteiger partial charge on any atom is -0.496 e. The summed E-state index contributed by atoms with van der Waals surface area (Å²) in [5, 5.41) is 6.49. The Labute approximate surface area is 277 Å². The molecule has 17 heteroatoms. The number of ether oxygens (including phenoxy) is 5. The Kier molecular flexibility index (Phi) is 13.6. The van der Waals surface area contributed by atoms with E-state index in [1.807, 2.05) is 0 Å². The highest BCUT2D eigenvalue weighted by Crippen LogP contribution is 2.35. The molecule has 1 saturated heterocycles. The summed E-state index contributed by atoms with van der Waals surface area (Å²) < 4.78 is 52.4. The van der Waals surface area contributed by atoms with E-state index in [1.54, 1.807) is 12.1 Å². The van der Waals surface area contributed by atoms with Crippen LogP contribution in [0.15, 0.2) is 35.7 Å². The van der Waals surface area contributed by atoms with Crippen molar-refractivity contribution in [2.45, 2.75) is 37.9 Å². The topological polar surface area (TPSA) is 202 Å². The largest absolute Gasteiger partial charge is 0.496 e. The van der Waals surface area contributed by atoms with Crippen molar-refractivity contribution in [2.24, 2.45) is 0 Å². The van der Waals surface area contributed by atoms with Gasteiger partial charge in [-0.2, -0.15) is 0 Å². The van der Waals surface area contributed by atoms with Gasteiger partial charge in [0.25, 0.3) is 11.8 Å². The highest BCUT2D eigenvalue weighted by atomic mass is 32.2. The van der Waals surface area contributed by atoms with Crippen LogP contribution in [0.3, 0.4) is 0 Å². The van der Waals surface area contributed by atoms with Gasteiger partial charge >= 0.3 is 12.1 Å². The molecule has 0 unspecified atom stereocenters. The van der Waals surface area contributed by atoms with Gasteiger partial charge in [-0.15, -0.1) is 5.06 Å². The fourth-order valence-electron chi connectivity index (χ4n) is 4.33. The minimum absolute atomic E-state index is 0.00867. The lowest BCUT2D eigenvalue weighted by molar-refractivity contribution is -0.197. The summed E-state index contributed by atoms with van der Waals surface area (Å²) in [5.74, 6) is -1.51. The molecule has 0 aliphatic carbocycles. The highest BCUT2D eigenvalue weighted by Gasteiger charge is 2.32. The Morgan fingerprint density at radius 3 is 2.04 bits per heavy atom. The van der Waals surface area contributed by atoms with Crippen molar-refractivity contribution < 1.29 is 60.9 Å². The number of benzene rings is 2. The van der Waals surface area contributed by atoms with E-state index in [2.05, 4.69) is 10.6 Å². The zero-order valence-corrected chi connectivity index (χ0v) is 27.7. The fraction of sp³-hybridized carbons (Fsp3) is 0.387. The molecule has 0 aromatic heterocycles. The quantitative estimate of drug-likeness (QED) is 0.181. The van der Waals surface area contributed by atoms with E-state index in [0.717, 1.165) is 5.41 Å². The molecule has 16 nitrogen and oxygen atoms in total. The van der Waals surface area contributed by atoms with Crippen LogP contribution < -0.4 is 34.3 Å². The van der Waals surface area contributed by atoms with Gasteiger partial charge in [0.05, 0.1) is 39.8 Å². The van der Waals surface area contributed by atoms with Crippen LogP contribution in [0.5, 0.6) is 28.7 Å². The first-order valence-corrected chi connectivity index (χ1v) is 16.3. The predicted octanol–water partition coefficient (Wildman–Crippen LogP) is 2.29. The van der Waals surface area contributed by atoms with E-state index in [9.17, 15) is 32.4 Å². The molecule has 2 aromatic carbocycles. The molecule has 1 aliphatic heterocycles. The number of methoxy groups -OCH3 is 4. The van der Waals surface area contributed by atoms with E-state index in [0.29, 0.717) is 33.4 Å². The minimum atomic E-state index is -3.83. The van der Waals surface area contributed by atoms with Crippen LogP contribution in [0.25, 0.3) is 6.08 Å². The third-order valence-electron chi connectivity index (χ3n) is 6.69. The summed E-state index contributed by atoms with van der Waals surface area (Å²) in [5.41, 5.74) is 0.706. The highest BCUT2D eigenvalue weighted by molar-refractivity contribution is 7.93.